The fraction of sp³-hybridized carbons (Fsp3) is 0.182. The molecule has 3 aromatic rings. The Morgan fingerprint density at radius 1 is 0.652 bits per heavy atom. The van der Waals surface area contributed by atoms with Crippen molar-refractivity contribution in [2.24, 2.45) is 0 Å². The largest absolute Gasteiger partial charge is 0.366 e. The number of ether oxygens (including phenoxy) is 1. The van der Waals surface area contributed by atoms with Crippen LogP contribution in [0, 0.1) is 0 Å². The van der Waals surface area contributed by atoms with Crippen LogP contribution in [0.25, 0.3) is 0 Å². The third-order valence-electron chi connectivity index (χ3n) is 3.94. The number of hydrogen-bond donors (Lipinski definition) is 0. The average Bonchev–Trinajstić information content (AvgIpc) is 2.62. The summed E-state index contributed by atoms with van der Waals surface area (Å²) in [5.41, 5.74) is 3.69. The molecule has 0 amide bonds. The van der Waals surface area contributed by atoms with E-state index in [1.807, 2.05) is 18.2 Å². The van der Waals surface area contributed by atoms with Gasteiger partial charge in [0.05, 0.1) is 6.10 Å². The first kappa shape index (κ1) is 15.5. The van der Waals surface area contributed by atoms with E-state index in [1.165, 1.54) is 16.7 Å². The standard InChI is InChI=1S/C22H22O/c1-18(17-19-11-5-2-6-12-19)23-22(20-13-7-3-8-14-20)21-15-9-4-10-16-21/h2-16,18,22H,17H2,1H3. The molecule has 0 N–H and O–H groups in total. The van der Waals surface area contributed by atoms with Crippen LogP contribution < -0.4 is 0 Å². The molecular weight excluding hydrogens is 280 g/mol. The molecule has 1 nitrogen and oxygen atoms in total. The highest BCUT2D eigenvalue weighted by Crippen LogP contribution is 2.27. The van der Waals surface area contributed by atoms with Crippen molar-refractivity contribution < 1.29 is 4.74 Å². The molecule has 1 heteroatoms. The van der Waals surface area contributed by atoms with Gasteiger partial charge in [0.2, 0.25) is 0 Å². The predicted molar refractivity (Wildman–Crippen MR) is 95.4 cm³/mol. The molecule has 0 bridgehead atoms. The lowest BCUT2D eigenvalue weighted by atomic mass is 10.0. The van der Waals surface area contributed by atoms with Crippen LogP contribution in [0.15, 0.2) is 91.0 Å². The van der Waals surface area contributed by atoms with Crippen LogP contribution >= 0.6 is 0 Å². The number of hydrogen-bond acceptors (Lipinski definition) is 1. The Bertz CT molecular complexity index is 652. The summed E-state index contributed by atoms with van der Waals surface area (Å²) in [6, 6.07) is 31.4. The number of benzene rings is 3. The maximum atomic E-state index is 6.43. The van der Waals surface area contributed by atoms with Crippen molar-refractivity contribution >= 4 is 0 Å². The van der Waals surface area contributed by atoms with Gasteiger partial charge in [-0.15, -0.1) is 0 Å². The molecule has 0 saturated carbocycles. The Morgan fingerprint density at radius 2 is 1.09 bits per heavy atom. The monoisotopic (exact) mass is 302 g/mol. The minimum atomic E-state index is -0.0314. The van der Waals surface area contributed by atoms with E-state index in [0.717, 1.165) is 6.42 Å². The molecule has 0 radical (unpaired) electrons. The van der Waals surface area contributed by atoms with Crippen molar-refractivity contribution in [2.75, 3.05) is 0 Å². The second-order valence-corrected chi connectivity index (χ2v) is 5.84. The SMILES string of the molecule is CC(Cc1ccccc1)OC(c1ccccc1)c1ccccc1. The molecular formula is C22H22O. The minimum absolute atomic E-state index is 0.0314. The van der Waals surface area contributed by atoms with Crippen molar-refractivity contribution in [1.29, 1.82) is 0 Å². The van der Waals surface area contributed by atoms with E-state index in [4.69, 9.17) is 4.74 Å². The van der Waals surface area contributed by atoms with Crippen molar-refractivity contribution in [3.05, 3.63) is 108 Å². The lowest BCUT2D eigenvalue weighted by Crippen LogP contribution is -2.17. The first-order chi connectivity index (χ1) is 11.3. The van der Waals surface area contributed by atoms with Crippen LogP contribution in [0.2, 0.25) is 0 Å². The van der Waals surface area contributed by atoms with Gasteiger partial charge in [-0.05, 0) is 30.0 Å². The van der Waals surface area contributed by atoms with E-state index in [1.54, 1.807) is 0 Å². The fourth-order valence-corrected chi connectivity index (χ4v) is 2.83. The van der Waals surface area contributed by atoms with Crippen LogP contribution in [0.5, 0.6) is 0 Å². The smallest absolute Gasteiger partial charge is 0.108 e. The lowest BCUT2D eigenvalue weighted by molar-refractivity contribution is 0.0197. The van der Waals surface area contributed by atoms with Crippen LogP contribution in [-0.2, 0) is 11.2 Å². The highest BCUT2D eigenvalue weighted by atomic mass is 16.5. The normalized spacial score (nSPS) is 12.3. The van der Waals surface area contributed by atoms with Gasteiger partial charge in [0, 0.05) is 0 Å². The molecule has 0 fully saturated rings. The third kappa shape index (κ3) is 4.30. The summed E-state index contributed by atoms with van der Waals surface area (Å²) in [7, 11) is 0. The van der Waals surface area contributed by atoms with Gasteiger partial charge in [-0.2, -0.15) is 0 Å². The molecule has 0 heterocycles. The fourth-order valence-electron chi connectivity index (χ4n) is 2.83. The van der Waals surface area contributed by atoms with Crippen molar-refractivity contribution in [2.45, 2.75) is 25.6 Å². The van der Waals surface area contributed by atoms with Crippen LogP contribution in [0.4, 0.5) is 0 Å². The van der Waals surface area contributed by atoms with Gasteiger partial charge in [0.15, 0.2) is 0 Å². The Balaban J connectivity index is 1.79. The lowest BCUT2D eigenvalue weighted by Gasteiger charge is -2.23. The Morgan fingerprint density at radius 3 is 1.57 bits per heavy atom. The topological polar surface area (TPSA) is 9.23 Å². The first-order valence-corrected chi connectivity index (χ1v) is 8.12. The molecule has 3 aromatic carbocycles. The Hall–Kier alpha value is -2.38. The molecule has 1 atom stereocenters. The minimum Gasteiger partial charge on any atom is -0.366 e. The van der Waals surface area contributed by atoms with E-state index in [0.29, 0.717) is 0 Å². The van der Waals surface area contributed by atoms with Gasteiger partial charge in [0.1, 0.15) is 6.10 Å². The molecule has 3 rings (SSSR count). The summed E-state index contributed by atoms with van der Waals surface area (Å²) in [6.07, 6.45) is 1.02. The maximum Gasteiger partial charge on any atom is 0.108 e. The van der Waals surface area contributed by atoms with E-state index >= 15 is 0 Å². The molecule has 0 aliphatic rings. The maximum absolute atomic E-state index is 6.43. The average molecular weight is 302 g/mol. The summed E-state index contributed by atoms with van der Waals surface area (Å²) in [4.78, 5) is 0. The van der Waals surface area contributed by atoms with Crippen LogP contribution in [0.3, 0.4) is 0 Å². The zero-order valence-corrected chi connectivity index (χ0v) is 13.4. The highest BCUT2D eigenvalue weighted by molar-refractivity contribution is 5.30. The molecule has 0 spiro atoms. The summed E-state index contributed by atoms with van der Waals surface area (Å²) in [6.45, 7) is 2.14. The molecule has 0 aliphatic heterocycles. The van der Waals surface area contributed by atoms with Gasteiger partial charge < -0.3 is 4.74 Å². The molecule has 23 heavy (non-hydrogen) atoms. The van der Waals surface area contributed by atoms with Crippen molar-refractivity contribution in [1.82, 2.24) is 0 Å². The second-order valence-electron chi connectivity index (χ2n) is 5.84. The van der Waals surface area contributed by atoms with Gasteiger partial charge in [-0.3, -0.25) is 0 Å². The predicted octanol–water partition coefficient (Wildman–Crippen LogP) is 5.42. The Kier molecular flexibility index (Phi) is 5.23. The van der Waals surface area contributed by atoms with Crippen molar-refractivity contribution in [3.8, 4) is 0 Å². The van der Waals surface area contributed by atoms with Gasteiger partial charge >= 0.3 is 0 Å². The number of rotatable bonds is 6. The van der Waals surface area contributed by atoms with Crippen LogP contribution in [0.1, 0.15) is 29.7 Å². The van der Waals surface area contributed by atoms with Gasteiger partial charge in [-0.1, -0.05) is 91.0 Å². The van der Waals surface area contributed by atoms with Gasteiger partial charge in [0.25, 0.3) is 0 Å². The van der Waals surface area contributed by atoms with Crippen molar-refractivity contribution in [3.63, 3.8) is 0 Å². The Labute approximate surface area is 138 Å². The summed E-state index contributed by atoms with van der Waals surface area (Å²) in [5.74, 6) is 0. The summed E-state index contributed by atoms with van der Waals surface area (Å²) >= 11 is 0. The molecule has 0 aliphatic carbocycles. The van der Waals surface area contributed by atoms with E-state index < -0.39 is 0 Å². The van der Waals surface area contributed by atoms with Gasteiger partial charge in [-0.25, -0.2) is 0 Å². The third-order valence-corrected chi connectivity index (χ3v) is 3.94. The van der Waals surface area contributed by atoms with E-state index in [-0.39, 0.29) is 12.2 Å². The molecule has 0 aromatic heterocycles. The van der Waals surface area contributed by atoms with E-state index in [9.17, 15) is 0 Å². The zero-order valence-electron chi connectivity index (χ0n) is 13.4. The second kappa shape index (κ2) is 7.75. The highest BCUT2D eigenvalue weighted by Gasteiger charge is 2.17. The first-order valence-electron chi connectivity index (χ1n) is 8.12. The quantitative estimate of drug-likeness (QED) is 0.590. The zero-order chi connectivity index (χ0) is 15.9. The molecule has 116 valence electrons. The molecule has 1 unspecified atom stereocenters. The molecule has 0 saturated heterocycles. The van der Waals surface area contributed by atoms with Crippen LogP contribution in [-0.4, -0.2) is 6.10 Å². The summed E-state index contributed by atoms with van der Waals surface area (Å²) < 4.78 is 6.43. The summed E-state index contributed by atoms with van der Waals surface area (Å²) in [5, 5.41) is 0. The van der Waals surface area contributed by atoms with E-state index in [2.05, 4.69) is 79.7 Å².